The minimum absolute atomic E-state index is 0.0577. The van der Waals surface area contributed by atoms with Crippen LogP contribution >= 0.6 is 0 Å². The molecule has 0 saturated carbocycles. The summed E-state index contributed by atoms with van der Waals surface area (Å²) < 4.78 is 4.67. The van der Waals surface area contributed by atoms with Crippen LogP contribution in [0.2, 0.25) is 0 Å². The monoisotopic (exact) mass is 272 g/mol. The summed E-state index contributed by atoms with van der Waals surface area (Å²) in [6.07, 6.45) is 0.183. The van der Waals surface area contributed by atoms with E-state index < -0.39 is 23.8 Å². The van der Waals surface area contributed by atoms with E-state index in [1.54, 1.807) is 6.92 Å². The van der Waals surface area contributed by atoms with Crippen molar-refractivity contribution in [2.45, 2.75) is 45.6 Å². The predicted molar refractivity (Wildman–Crippen MR) is 66.9 cm³/mol. The van der Waals surface area contributed by atoms with Crippen LogP contribution in [-0.4, -0.2) is 36.2 Å². The van der Waals surface area contributed by atoms with Gasteiger partial charge in [-0.3, -0.25) is 14.4 Å². The van der Waals surface area contributed by atoms with E-state index in [0.717, 1.165) is 0 Å². The molecule has 0 heterocycles. The van der Waals surface area contributed by atoms with E-state index in [0.29, 0.717) is 0 Å². The van der Waals surface area contributed by atoms with Gasteiger partial charge in [0, 0.05) is 12.8 Å². The Hall–Kier alpha value is -1.92. The molecule has 19 heavy (non-hydrogen) atoms. The molecule has 0 fully saturated rings. The van der Waals surface area contributed by atoms with Crippen LogP contribution in [0.15, 0.2) is 0 Å². The van der Waals surface area contributed by atoms with Crippen LogP contribution < -0.4 is 11.1 Å². The number of amides is 2. The van der Waals surface area contributed by atoms with Gasteiger partial charge in [0.2, 0.25) is 11.8 Å². The maximum atomic E-state index is 11.5. The fourth-order valence-electron chi connectivity index (χ4n) is 1.35. The third-order valence-corrected chi connectivity index (χ3v) is 2.33. The number of nitrogens with two attached hydrogens (primary N) is 1. The number of hydrogen-bond acceptors (Lipinski definition) is 5. The summed E-state index contributed by atoms with van der Waals surface area (Å²) in [5, 5.41) is 2.40. The molecule has 0 aromatic heterocycles. The van der Waals surface area contributed by atoms with E-state index in [2.05, 4.69) is 10.1 Å². The molecule has 0 spiro atoms. The number of esters is 1. The van der Waals surface area contributed by atoms with Crippen LogP contribution in [0, 0.1) is 0 Å². The highest BCUT2D eigenvalue weighted by atomic mass is 16.5. The van der Waals surface area contributed by atoms with Gasteiger partial charge in [0.25, 0.3) is 0 Å². The molecule has 1 atom stereocenters. The first kappa shape index (κ1) is 17.1. The zero-order chi connectivity index (χ0) is 14.8. The number of Topliss-reactive ketones (excluding diaryl/α,β-unsaturated/α-hetero) is 1. The average molecular weight is 272 g/mol. The normalized spacial score (nSPS) is 11.5. The van der Waals surface area contributed by atoms with Gasteiger partial charge in [-0.25, -0.2) is 0 Å². The molecule has 0 aliphatic heterocycles. The molecule has 3 N–H and O–H groups in total. The first-order valence-corrected chi connectivity index (χ1v) is 6.10. The molecule has 108 valence electrons. The molecule has 2 amide bonds. The molecule has 0 unspecified atom stereocenters. The fraction of sp³-hybridized carbons (Fsp3) is 0.667. The Labute approximate surface area is 111 Å². The molecule has 7 nitrogen and oxygen atoms in total. The number of carbonyl (C=O) groups excluding carboxylic acids is 4. The lowest BCUT2D eigenvalue weighted by molar-refractivity contribution is -0.144. The Kier molecular flexibility index (Phi) is 8.15. The summed E-state index contributed by atoms with van der Waals surface area (Å²) in [6.45, 7) is 3.31. The lowest BCUT2D eigenvalue weighted by Gasteiger charge is -2.14. The summed E-state index contributed by atoms with van der Waals surface area (Å²) in [4.78, 5) is 44.5. The number of hydrogen-bond donors (Lipinski definition) is 2. The molecular formula is C12H20N2O5. The van der Waals surface area contributed by atoms with Gasteiger partial charge in [-0.2, -0.15) is 0 Å². The van der Waals surface area contributed by atoms with Crippen molar-refractivity contribution in [3.8, 4) is 0 Å². The van der Waals surface area contributed by atoms with Crippen molar-refractivity contribution in [3.05, 3.63) is 0 Å². The van der Waals surface area contributed by atoms with Crippen molar-refractivity contribution >= 4 is 23.6 Å². The van der Waals surface area contributed by atoms with Crippen LogP contribution in [0.25, 0.3) is 0 Å². The van der Waals surface area contributed by atoms with Gasteiger partial charge in [-0.15, -0.1) is 0 Å². The molecule has 0 radical (unpaired) electrons. The zero-order valence-corrected chi connectivity index (χ0v) is 11.2. The minimum Gasteiger partial charge on any atom is -0.466 e. The van der Waals surface area contributed by atoms with Crippen LogP contribution in [0.3, 0.4) is 0 Å². The summed E-state index contributed by atoms with van der Waals surface area (Å²) in [7, 11) is 0. The van der Waals surface area contributed by atoms with Crippen molar-refractivity contribution in [1.29, 1.82) is 0 Å². The van der Waals surface area contributed by atoms with Gasteiger partial charge in [-0.05, 0) is 20.3 Å². The SMILES string of the molecule is CCOC(=O)CCC(=O)N[C@H](CCC(C)=O)C(N)=O. The Bertz CT molecular complexity index is 354. The maximum absolute atomic E-state index is 11.5. The van der Waals surface area contributed by atoms with Crippen molar-refractivity contribution in [2.24, 2.45) is 5.73 Å². The number of ether oxygens (including phenoxy) is 1. The van der Waals surface area contributed by atoms with Crippen LogP contribution in [0.1, 0.15) is 39.5 Å². The maximum Gasteiger partial charge on any atom is 0.306 e. The highest BCUT2D eigenvalue weighted by molar-refractivity contribution is 5.88. The molecule has 0 aliphatic carbocycles. The Balaban J connectivity index is 4.13. The van der Waals surface area contributed by atoms with Gasteiger partial charge >= 0.3 is 5.97 Å². The largest absolute Gasteiger partial charge is 0.466 e. The van der Waals surface area contributed by atoms with Gasteiger partial charge in [0.05, 0.1) is 13.0 Å². The van der Waals surface area contributed by atoms with Crippen LogP contribution in [-0.2, 0) is 23.9 Å². The topological polar surface area (TPSA) is 116 Å². The van der Waals surface area contributed by atoms with Crippen molar-refractivity contribution < 1.29 is 23.9 Å². The summed E-state index contributed by atoms with van der Waals surface area (Å²) >= 11 is 0. The van der Waals surface area contributed by atoms with Gasteiger partial charge in [-0.1, -0.05) is 0 Å². The number of ketones is 1. The standard InChI is InChI=1S/C12H20N2O5/c1-3-19-11(17)7-6-10(16)14-9(12(13)18)5-4-8(2)15/h9H,3-7H2,1-2H3,(H2,13,18)(H,14,16)/t9-/m1/s1. The highest BCUT2D eigenvalue weighted by Gasteiger charge is 2.19. The summed E-state index contributed by atoms with van der Waals surface area (Å²) in [5.74, 6) is -1.74. The number of nitrogens with one attached hydrogen (secondary N) is 1. The molecule has 0 aromatic carbocycles. The fourth-order valence-corrected chi connectivity index (χ4v) is 1.35. The first-order valence-electron chi connectivity index (χ1n) is 6.10. The van der Waals surface area contributed by atoms with E-state index in [-0.39, 0.29) is 38.1 Å². The Morgan fingerprint density at radius 3 is 2.26 bits per heavy atom. The second-order valence-electron chi connectivity index (χ2n) is 4.07. The molecular weight excluding hydrogens is 252 g/mol. The quantitative estimate of drug-likeness (QED) is 0.557. The lowest BCUT2D eigenvalue weighted by atomic mass is 10.1. The third kappa shape index (κ3) is 8.76. The van der Waals surface area contributed by atoms with Crippen LogP contribution in [0.5, 0.6) is 0 Å². The van der Waals surface area contributed by atoms with Crippen molar-refractivity contribution in [3.63, 3.8) is 0 Å². The van der Waals surface area contributed by atoms with E-state index in [4.69, 9.17) is 5.73 Å². The van der Waals surface area contributed by atoms with Crippen molar-refractivity contribution in [2.75, 3.05) is 6.61 Å². The Morgan fingerprint density at radius 2 is 1.79 bits per heavy atom. The minimum atomic E-state index is -0.890. The highest BCUT2D eigenvalue weighted by Crippen LogP contribution is 2.00. The summed E-state index contributed by atoms with van der Waals surface area (Å²) in [5.41, 5.74) is 5.12. The number of rotatable bonds is 9. The molecule has 7 heteroatoms. The zero-order valence-electron chi connectivity index (χ0n) is 11.2. The Morgan fingerprint density at radius 1 is 1.16 bits per heavy atom. The molecule has 0 saturated heterocycles. The third-order valence-electron chi connectivity index (χ3n) is 2.33. The predicted octanol–water partition coefficient (Wildman–Crippen LogP) is -0.331. The van der Waals surface area contributed by atoms with Crippen LogP contribution in [0.4, 0.5) is 0 Å². The summed E-state index contributed by atoms with van der Waals surface area (Å²) in [6, 6.07) is -0.890. The lowest BCUT2D eigenvalue weighted by Crippen LogP contribution is -2.44. The molecule has 0 bridgehead atoms. The van der Waals surface area contributed by atoms with Gasteiger partial charge in [0.15, 0.2) is 0 Å². The van der Waals surface area contributed by atoms with Gasteiger partial charge in [0.1, 0.15) is 11.8 Å². The number of carbonyl (C=O) groups is 4. The van der Waals surface area contributed by atoms with E-state index in [1.165, 1.54) is 6.92 Å². The average Bonchev–Trinajstić information content (AvgIpc) is 2.31. The molecule has 0 rings (SSSR count). The van der Waals surface area contributed by atoms with E-state index >= 15 is 0 Å². The number of primary amides is 1. The molecule has 0 aliphatic rings. The smallest absolute Gasteiger partial charge is 0.306 e. The van der Waals surface area contributed by atoms with Gasteiger partial charge < -0.3 is 20.6 Å². The van der Waals surface area contributed by atoms with E-state index in [9.17, 15) is 19.2 Å². The van der Waals surface area contributed by atoms with E-state index in [1.807, 2.05) is 0 Å². The van der Waals surface area contributed by atoms with Crippen molar-refractivity contribution in [1.82, 2.24) is 5.32 Å². The molecule has 0 aromatic rings. The second kappa shape index (κ2) is 9.07. The first-order chi connectivity index (χ1) is 8.86. The second-order valence-corrected chi connectivity index (χ2v) is 4.07.